The standard InChI is InChI=1S/C13H14ClNO4/c14-8-6-10-9(5-7(8)11(15)12(16)17)18-13(19-10)3-1-2-4-13/h5-6,11H,1-4,15H2,(H,16,17). The van der Waals surface area contributed by atoms with E-state index in [2.05, 4.69) is 0 Å². The molecule has 1 unspecified atom stereocenters. The van der Waals surface area contributed by atoms with Crippen LogP contribution in [0.25, 0.3) is 0 Å². The lowest BCUT2D eigenvalue weighted by atomic mass is 10.1. The fourth-order valence-electron chi connectivity index (χ4n) is 2.62. The van der Waals surface area contributed by atoms with Crippen LogP contribution >= 0.6 is 11.6 Å². The zero-order chi connectivity index (χ0) is 13.6. The van der Waals surface area contributed by atoms with Crippen LogP contribution in [0, 0.1) is 0 Å². The molecular weight excluding hydrogens is 270 g/mol. The fourth-order valence-corrected chi connectivity index (χ4v) is 2.89. The van der Waals surface area contributed by atoms with Crippen molar-refractivity contribution in [3.63, 3.8) is 0 Å². The third-order valence-corrected chi connectivity index (χ3v) is 3.95. The molecule has 1 fully saturated rings. The van der Waals surface area contributed by atoms with Crippen molar-refractivity contribution in [3.8, 4) is 11.5 Å². The number of benzene rings is 1. The summed E-state index contributed by atoms with van der Waals surface area (Å²) >= 11 is 6.06. The highest BCUT2D eigenvalue weighted by atomic mass is 35.5. The topological polar surface area (TPSA) is 81.8 Å². The van der Waals surface area contributed by atoms with Gasteiger partial charge < -0.3 is 20.3 Å². The van der Waals surface area contributed by atoms with Crippen molar-refractivity contribution >= 4 is 17.6 Å². The van der Waals surface area contributed by atoms with Crippen molar-refractivity contribution in [1.82, 2.24) is 0 Å². The largest absolute Gasteiger partial charge is 0.480 e. The molecule has 3 rings (SSSR count). The summed E-state index contributed by atoms with van der Waals surface area (Å²) in [5.41, 5.74) is 5.94. The first-order valence-corrected chi connectivity index (χ1v) is 6.58. The molecule has 0 amide bonds. The van der Waals surface area contributed by atoms with Crippen LogP contribution in [0.3, 0.4) is 0 Å². The van der Waals surface area contributed by atoms with Gasteiger partial charge in [-0.25, -0.2) is 0 Å². The zero-order valence-electron chi connectivity index (χ0n) is 10.2. The van der Waals surface area contributed by atoms with E-state index in [1.165, 1.54) is 0 Å². The number of halogens is 1. The molecule has 2 aliphatic rings. The molecule has 1 aliphatic carbocycles. The molecule has 1 atom stereocenters. The number of carboxylic acids is 1. The minimum Gasteiger partial charge on any atom is -0.480 e. The molecule has 3 N–H and O–H groups in total. The van der Waals surface area contributed by atoms with Crippen LogP contribution in [0.5, 0.6) is 11.5 Å². The van der Waals surface area contributed by atoms with E-state index in [4.69, 9.17) is 31.9 Å². The van der Waals surface area contributed by atoms with E-state index in [0.29, 0.717) is 17.1 Å². The monoisotopic (exact) mass is 283 g/mol. The quantitative estimate of drug-likeness (QED) is 0.871. The maximum absolute atomic E-state index is 10.9. The SMILES string of the molecule is NC(C(=O)O)c1cc2c(cc1Cl)OC1(CCCC1)O2. The van der Waals surface area contributed by atoms with Crippen LogP contribution in [0.1, 0.15) is 37.3 Å². The van der Waals surface area contributed by atoms with Gasteiger partial charge in [-0.2, -0.15) is 0 Å². The average molecular weight is 284 g/mol. The van der Waals surface area contributed by atoms with E-state index in [1.54, 1.807) is 12.1 Å². The Kier molecular flexibility index (Phi) is 2.83. The third kappa shape index (κ3) is 2.03. The van der Waals surface area contributed by atoms with Crippen LogP contribution in [-0.2, 0) is 4.79 Å². The Morgan fingerprint density at radius 1 is 1.32 bits per heavy atom. The molecule has 1 spiro atoms. The average Bonchev–Trinajstić information content (AvgIpc) is 2.94. The van der Waals surface area contributed by atoms with Crippen molar-refractivity contribution in [3.05, 3.63) is 22.7 Å². The van der Waals surface area contributed by atoms with Gasteiger partial charge >= 0.3 is 5.97 Å². The highest BCUT2D eigenvalue weighted by molar-refractivity contribution is 6.31. The zero-order valence-corrected chi connectivity index (χ0v) is 10.9. The Hall–Kier alpha value is -1.46. The number of carboxylic acid groups (broad SMARTS) is 1. The molecule has 0 aromatic heterocycles. The van der Waals surface area contributed by atoms with Gasteiger partial charge in [-0.1, -0.05) is 11.6 Å². The van der Waals surface area contributed by atoms with E-state index in [-0.39, 0.29) is 5.02 Å². The molecule has 0 bridgehead atoms. The van der Waals surface area contributed by atoms with Crippen LogP contribution in [-0.4, -0.2) is 16.9 Å². The van der Waals surface area contributed by atoms with Gasteiger partial charge in [-0.15, -0.1) is 0 Å². The van der Waals surface area contributed by atoms with Gasteiger partial charge in [-0.05, 0) is 18.9 Å². The summed E-state index contributed by atoms with van der Waals surface area (Å²) in [7, 11) is 0. The smallest absolute Gasteiger partial charge is 0.325 e. The van der Waals surface area contributed by atoms with Gasteiger partial charge in [0.1, 0.15) is 6.04 Å². The molecule has 102 valence electrons. The van der Waals surface area contributed by atoms with Crippen LogP contribution < -0.4 is 15.2 Å². The summed E-state index contributed by atoms with van der Waals surface area (Å²) in [5, 5.41) is 9.24. The summed E-state index contributed by atoms with van der Waals surface area (Å²) in [6.07, 6.45) is 3.78. The lowest BCUT2D eigenvalue weighted by Crippen LogP contribution is -2.34. The molecule has 0 radical (unpaired) electrons. The second kappa shape index (κ2) is 4.28. The van der Waals surface area contributed by atoms with Gasteiger partial charge in [-0.3, -0.25) is 4.79 Å². The van der Waals surface area contributed by atoms with E-state index < -0.39 is 17.8 Å². The van der Waals surface area contributed by atoms with E-state index in [0.717, 1.165) is 25.7 Å². The Labute approximate surface area is 115 Å². The number of ether oxygens (including phenoxy) is 2. The second-order valence-electron chi connectivity index (χ2n) is 4.96. The van der Waals surface area contributed by atoms with E-state index in [9.17, 15) is 4.79 Å². The van der Waals surface area contributed by atoms with Gasteiger partial charge in [0.2, 0.25) is 0 Å². The molecule has 1 aliphatic heterocycles. The number of fused-ring (bicyclic) bond motifs is 1. The van der Waals surface area contributed by atoms with Crippen molar-refractivity contribution in [2.75, 3.05) is 0 Å². The van der Waals surface area contributed by atoms with Crippen molar-refractivity contribution < 1.29 is 19.4 Å². The number of hydrogen-bond donors (Lipinski definition) is 2. The third-order valence-electron chi connectivity index (χ3n) is 3.62. The maximum Gasteiger partial charge on any atom is 0.325 e. The predicted molar refractivity (Wildman–Crippen MR) is 68.5 cm³/mol. The van der Waals surface area contributed by atoms with Crippen molar-refractivity contribution in [2.45, 2.75) is 37.5 Å². The molecule has 0 saturated heterocycles. The Morgan fingerprint density at radius 3 is 2.47 bits per heavy atom. The first-order chi connectivity index (χ1) is 9.01. The normalized spacial score (nSPS) is 20.7. The van der Waals surface area contributed by atoms with Gasteiger partial charge in [0, 0.05) is 29.5 Å². The van der Waals surface area contributed by atoms with Gasteiger partial charge in [0.15, 0.2) is 11.5 Å². The molecule has 1 saturated carbocycles. The Balaban J connectivity index is 1.96. The summed E-state index contributed by atoms with van der Waals surface area (Å²) in [5.74, 6) is -0.625. The van der Waals surface area contributed by atoms with Crippen LogP contribution in [0.4, 0.5) is 0 Å². The van der Waals surface area contributed by atoms with Crippen LogP contribution in [0.15, 0.2) is 12.1 Å². The fraction of sp³-hybridized carbons (Fsp3) is 0.462. The number of carbonyl (C=O) groups is 1. The van der Waals surface area contributed by atoms with Crippen LogP contribution in [0.2, 0.25) is 5.02 Å². The molecule has 1 aromatic carbocycles. The summed E-state index contributed by atoms with van der Waals surface area (Å²) in [6.45, 7) is 0. The summed E-state index contributed by atoms with van der Waals surface area (Å²) in [4.78, 5) is 10.9. The van der Waals surface area contributed by atoms with Gasteiger partial charge in [0.25, 0.3) is 5.79 Å². The number of aliphatic carboxylic acids is 1. The molecule has 1 heterocycles. The first-order valence-electron chi connectivity index (χ1n) is 6.21. The molecule has 6 heteroatoms. The van der Waals surface area contributed by atoms with E-state index >= 15 is 0 Å². The van der Waals surface area contributed by atoms with Gasteiger partial charge in [0.05, 0.1) is 0 Å². The number of hydrogen-bond acceptors (Lipinski definition) is 4. The minimum atomic E-state index is -1.17. The molecule has 5 nitrogen and oxygen atoms in total. The van der Waals surface area contributed by atoms with Crippen molar-refractivity contribution in [2.24, 2.45) is 5.73 Å². The number of rotatable bonds is 2. The minimum absolute atomic E-state index is 0.285. The van der Waals surface area contributed by atoms with E-state index in [1.807, 2.05) is 0 Å². The Morgan fingerprint density at radius 2 is 1.89 bits per heavy atom. The molecule has 1 aromatic rings. The summed E-state index contributed by atoms with van der Waals surface area (Å²) in [6, 6.07) is 1.99. The second-order valence-corrected chi connectivity index (χ2v) is 5.37. The first kappa shape index (κ1) is 12.6. The maximum atomic E-state index is 10.9. The van der Waals surface area contributed by atoms with Crippen molar-refractivity contribution in [1.29, 1.82) is 0 Å². The highest BCUT2D eigenvalue weighted by Gasteiger charge is 2.44. The summed E-state index contributed by atoms with van der Waals surface area (Å²) < 4.78 is 11.7. The highest BCUT2D eigenvalue weighted by Crippen LogP contribution is 2.48. The molecular formula is C13H14ClNO4. The lowest BCUT2D eigenvalue weighted by Gasteiger charge is -2.21. The predicted octanol–water partition coefficient (Wildman–Crippen LogP) is 2.47. The molecule has 19 heavy (non-hydrogen) atoms. The number of nitrogens with two attached hydrogens (primary N) is 1. The lowest BCUT2D eigenvalue weighted by molar-refractivity contribution is -0.138. The Bertz CT molecular complexity index is 540.